The molecule has 1 saturated heterocycles. The number of ketones is 1. The minimum atomic E-state index is -0.629. The molecule has 0 unspecified atom stereocenters. The van der Waals surface area contributed by atoms with E-state index < -0.39 is 12.2 Å². The first-order valence-corrected chi connectivity index (χ1v) is 10.5. The Morgan fingerprint density at radius 2 is 1.50 bits per heavy atom. The molecule has 5 nitrogen and oxygen atoms in total. The number of Topliss-reactive ketones (excluding diaryl/α,β-unsaturated/α-hetero) is 1. The fourth-order valence-corrected chi connectivity index (χ4v) is 4.06. The van der Waals surface area contributed by atoms with Crippen LogP contribution in [0.2, 0.25) is 0 Å². The van der Waals surface area contributed by atoms with E-state index in [0.29, 0.717) is 24.3 Å². The van der Waals surface area contributed by atoms with Crippen LogP contribution in [0.1, 0.15) is 50.2 Å². The van der Waals surface area contributed by atoms with Crippen molar-refractivity contribution in [3.05, 3.63) is 106 Å². The average Bonchev–Trinajstić information content (AvgIpc) is 3.34. The van der Waals surface area contributed by atoms with Crippen LogP contribution < -0.4 is 5.32 Å². The maximum atomic E-state index is 13.4. The molecule has 4 rings (SSSR count). The molecule has 1 amide bonds. The number of carbonyl (C=O) groups is 2. The second-order valence-electron chi connectivity index (χ2n) is 7.82. The molecule has 0 saturated carbocycles. The van der Waals surface area contributed by atoms with Gasteiger partial charge in [-0.1, -0.05) is 48.5 Å². The van der Waals surface area contributed by atoms with Gasteiger partial charge < -0.3 is 15.2 Å². The van der Waals surface area contributed by atoms with E-state index in [1.807, 2.05) is 12.1 Å². The lowest BCUT2D eigenvalue weighted by molar-refractivity contribution is 0.0359. The Morgan fingerprint density at radius 3 is 2.06 bits per heavy atom. The third kappa shape index (κ3) is 4.47. The van der Waals surface area contributed by atoms with Crippen LogP contribution in [0.3, 0.4) is 0 Å². The third-order valence-corrected chi connectivity index (χ3v) is 5.82. The summed E-state index contributed by atoms with van der Waals surface area (Å²) in [6.07, 6.45) is 1.70. The summed E-state index contributed by atoms with van der Waals surface area (Å²) in [4.78, 5) is 24.1. The van der Waals surface area contributed by atoms with Crippen molar-refractivity contribution < 1.29 is 23.8 Å². The summed E-state index contributed by atoms with van der Waals surface area (Å²) in [5.74, 6) is -0.843. The van der Waals surface area contributed by atoms with E-state index in [1.165, 1.54) is 12.1 Å². The standard InChI is InChI=1S/C26H24FNO4/c27-23-12-10-22(11-13-23)26(14-1-15-32-26)21-8-6-20(7-9-21)25(31)28-16-18-2-4-19(5-3-18)24(30)17-29/h2-13,29H,1,14-17H2,(H,28,31)/t26-/m1/s1. The molecule has 3 aromatic carbocycles. The van der Waals surface area contributed by atoms with Gasteiger partial charge in [-0.15, -0.1) is 0 Å². The average molecular weight is 433 g/mol. The van der Waals surface area contributed by atoms with Crippen molar-refractivity contribution in [2.24, 2.45) is 0 Å². The van der Waals surface area contributed by atoms with E-state index in [9.17, 15) is 14.0 Å². The second kappa shape index (κ2) is 9.42. The molecule has 0 aromatic heterocycles. The Morgan fingerprint density at radius 1 is 0.906 bits per heavy atom. The molecule has 3 aromatic rings. The highest BCUT2D eigenvalue weighted by Gasteiger charge is 2.38. The zero-order valence-electron chi connectivity index (χ0n) is 17.5. The van der Waals surface area contributed by atoms with Crippen LogP contribution in [0, 0.1) is 5.82 Å². The van der Waals surface area contributed by atoms with Crippen molar-refractivity contribution in [2.75, 3.05) is 13.2 Å². The van der Waals surface area contributed by atoms with Crippen LogP contribution in [0.4, 0.5) is 4.39 Å². The molecular formula is C26H24FNO4. The maximum Gasteiger partial charge on any atom is 0.251 e. The van der Waals surface area contributed by atoms with Gasteiger partial charge in [0.1, 0.15) is 18.0 Å². The molecule has 1 aliphatic heterocycles. The number of hydrogen-bond donors (Lipinski definition) is 2. The summed E-state index contributed by atoms with van der Waals surface area (Å²) >= 11 is 0. The Bertz CT molecular complexity index is 1090. The summed E-state index contributed by atoms with van der Waals surface area (Å²) in [6, 6.07) is 20.4. The smallest absolute Gasteiger partial charge is 0.251 e. The fourth-order valence-electron chi connectivity index (χ4n) is 4.06. The summed E-state index contributed by atoms with van der Waals surface area (Å²) in [5.41, 5.74) is 3.00. The minimum Gasteiger partial charge on any atom is -0.388 e. The largest absolute Gasteiger partial charge is 0.388 e. The first-order chi connectivity index (χ1) is 15.5. The number of nitrogens with one attached hydrogen (secondary N) is 1. The van der Waals surface area contributed by atoms with Gasteiger partial charge >= 0.3 is 0 Å². The van der Waals surface area contributed by atoms with Gasteiger partial charge in [-0.25, -0.2) is 4.39 Å². The molecule has 1 aliphatic rings. The van der Waals surface area contributed by atoms with Crippen LogP contribution in [-0.2, 0) is 16.9 Å². The van der Waals surface area contributed by atoms with Gasteiger partial charge in [-0.05, 0) is 53.8 Å². The molecular weight excluding hydrogens is 409 g/mol. The number of hydrogen-bond acceptors (Lipinski definition) is 4. The monoisotopic (exact) mass is 433 g/mol. The molecule has 0 spiro atoms. The molecule has 2 N–H and O–H groups in total. The Balaban J connectivity index is 1.45. The minimum absolute atomic E-state index is 0.213. The third-order valence-electron chi connectivity index (χ3n) is 5.82. The zero-order valence-corrected chi connectivity index (χ0v) is 17.5. The van der Waals surface area contributed by atoms with Gasteiger partial charge in [-0.2, -0.15) is 0 Å². The molecule has 0 aliphatic carbocycles. The van der Waals surface area contributed by atoms with Gasteiger partial charge in [0.25, 0.3) is 5.91 Å². The number of aliphatic hydroxyl groups excluding tert-OH is 1. The van der Waals surface area contributed by atoms with Crippen molar-refractivity contribution >= 4 is 11.7 Å². The summed E-state index contributed by atoms with van der Waals surface area (Å²) < 4.78 is 19.5. The number of carbonyl (C=O) groups excluding carboxylic acids is 2. The molecule has 1 heterocycles. The first kappa shape index (κ1) is 21.9. The van der Waals surface area contributed by atoms with Crippen LogP contribution in [0.25, 0.3) is 0 Å². The topological polar surface area (TPSA) is 75.6 Å². The molecule has 164 valence electrons. The van der Waals surface area contributed by atoms with E-state index in [-0.39, 0.29) is 17.5 Å². The maximum absolute atomic E-state index is 13.4. The van der Waals surface area contributed by atoms with Crippen LogP contribution in [0.15, 0.2) is 72.8 Å². The molecule has 0 bridgehead atoms. The van der Waals surface area contributed by atoms with E-state index in [1.54, 1.807) is 48.5 Å². The highest BCUT2D eigenvalue weighted by molar-refractivity contribution is 5.97. The molecule has 32 heavy (non-hydrogen) atoms. The van der Waals surface area contributed by atoms with Crippen LogP contribution in [0.5, 0.6) is 0 Å². The summed E-state index contributed by atoms with van der Waals surface area (Å²) in [6.45, 7) is 0.415. The lowest BCUT2D eigenvalue weighted by Crippen LogP contribution is -2.27. The van der Waals surface area contributed by atoms with E-state index in [0.717, 1.165) is 29.5 Å². The SMILES string of the molecule is O=C(CO)c1ccc(CNC(=O)c2ccc([C@@]3(c4ccc(F)cc4)CCCO3)cc2)cc1. The lowest BCUT2D eigenvalue weighted by Gasteiger charge is -2.30. The van der Waals surface area contributed by atoms with Gasteiger partial charge in [0.15, 0.2) is 5.78 Å². The second-order valence-corrected chi connectivity index (χ2v) is 7.82. The number of aliphatic hydroxyl groups is 1. The van der Waals surface area contributed by atoms with E-state index in [2.05, 4.69) is 5.32 Å². The lowest BCUT2D eigenvalue weighted by atomic mass is 9.83. The fraction of sp³-hybridized carbons (Fsp3) is 0.231. The van der Waals surface area contributed by atoms with E-state index >= 15 is 0 Å². The summed E-state index contributed by atoms with van der Waals surface area (Å²) in [5, 5.41) is 11.8. The number of amides is 1. The number of benzene rings is 3. The van der Waals surface area contributed by atoms with Crippen molar-refractivity contribution in [1.29, 1.82) is 0 Å². The van der Waals surface area contributed by atoms with Gasteiger partial charge in [0.2, 0.25) is 0 Å². The Hall–Kier alpha value is -3.35. The van der Waals surface area contributed by atoms with Crippen LogP contribution >= 0.6 is 0 Å². The normalized spacial score (nSPS) is 17.8. The van der Waals surface area contributed by atoms with Crippen molar-refractivity contribution in [1.82, 2.24) is 5.32 Å². The number of halogens is 1. The van der Waals surface area contributed by atoms with Crippen LogP contribution in [-0.4, -0.2) is 30.0 Å². The zero-order chi connectivity index (χ0) is 22.6. The molecule has 1 fully saturated rings. The summed E-state index contributed by atoms with van der Waals surface area (Å²) in [7, 11) is 0. The van der Waals surface area contributed by atoms with Crippen molar-refractivity contribution in [3.8, 4) is 0 Å². The number of rotatable bonds is 7. The first-order valence-electron chi connectivity index (χ1n) is 10.5. The van der Waals surface area contributed by atoms with Gasteiger partial charge in [0, 0.05) is 24.3 Å². The molecule has 0 radical (unpaired) electrons. The Kier molecular flexibility index (Phi) is 6.44. The number of ether oxygens (including phenoxy) is 1. The molecule has 6 heteroatoms. The molecule has 1 atom stereocenters. The van der Waals surface area contributed by atoms with Gasteiger partial charge in [0.05, 0.1) is 0 Å². The quantitative estimate of drug-likeness (QED) is 0.553. The Labute approximate surface area is 185 Å². The predicted molar refractivity (Wildman–Crippen MR) is 118 cm³/mol. The van der Waals surface area contributed by atoms with Gasteiger partial charge in [-0.3, -0.25) is 9.59 Å². The highest BCUT2D eigenvalue weighted by Crippen LogP contribution is 2.42. The van der Waals surface area contributed by atoms with Crippen molar-refractivity contribution in [2.45, 2.75) is 25.0 Å². The highest BCUT2D eigenvalue weighted by atomic mass is 19.1. The van der Waals surface area contributed by atoms with E-state index in [4.69, 9.17) is 9.84 Å². The van der Waals surface area contributed by atoms with Crippen molar-refractivity contribution in [3.63, 3.8) is 0 Å². The predicted octanol–water partition coefficient (Wildman–Crippen LogP) is 3.98.